The van der Waals surface area contributed by atoms with Gasteiger partial charge in [-0.3, -0.25) is 4.79 Å². The van der Waals surface area contributed by atoms with E-state index < -0.39 is 17.7 Å². The molecule has 108 valence electrons. The second-order valence-corrected chi connectivity index (χ2v) is 5.01. The van der Waals surface area contributed by atoms with Crippen molar-refractivity contribution < 1.29 is 19.1 Å². The molecule has 1 fully saturated rings. The molecular weight excluding hydrogens is 263 g/mol. The number of piperidine rings is 1. The first-order chi connectivity index (χ1) is 9.47. The number of carbonyl (C=O) groups excluding carboxylic acids is 1. The van der Waals surface area contributed by atoms with Crippen molar-refractivity contribution in [1.29, 1.82) is 0 Å². The van der Waals surface area contributed by atoms with Crippen molar-refractivity contribution in [2.75, 3.05) is 18.4 Å². The van der Waals surface area contributed by atoms with Crippen molar-refractivity contribution in [3.8, 4) is 0 Å². The van der Waals surface area contributed by atoms with Gasteiger partial charge in [0.15, 0.2) is 0 Å². The average Bonchev–Trinajstić information content (AvgIpc) is 2.43. The third kappa shape index (κ3) is 3.26. The highest BCUT2D eigenvalue weighted by molar-refractivity contribution is 5.90. The number of hydrogen-bond acceptors (Lipinski definition) is 2. The van der Waals surface area contributed by atoms with Crippen molar-refractivity contribution in [2.45, 2.75) is 19.8 Å². The van der Waals surface area contributed by atoms with Gasteiger partial charge in [-0.05, 0) is 37.5 Å². The van der Waals surface area contributed by atoms with Crippen LogP contribution in [0, 0.1) is 18.7 Å². The van der Waals surface area contributed by atoms with Gasteiger partial charge in [-0.1, -0.05) is 6.07 Å². The highest BCUT2D eigenvalue weighted by Gasteiger charge is 2.28. The highest BCUT2D eigenvalue weighted by Crippen LogP contribution is 2.20. The molecular formula is C14H17FN2O3. The number of carbonyl (C=O) groups is 2. The predicted molar refractivity (Wildman–Crippen MR) is 72.1 cm³/mol. The maximum Gasteiger partial charge on any atom is 0.321 e. The van der Waals surface area contributed by atoms with E-state index >= 15 is 0 Å². The van der Waals surface area contributed by atoms with Crippen LogP contribution in [0.1, 0.15) is 18.4 Å². The molecule has 0 unspecified atom stereocenters. The molecule has 0 radical (unpaired) electrons. The van der Waals surface area contributed by atoms with Gasteiger partial charge in [0, 0.05) is 18.8 Å². The first kappa shape index (κ1) is 14.3. The number of likely N-dealkylation sites (tertiary alicyclic amines) is 1. The normalized spacial score (nSPS) is 18.7. The van der Waals surface area contributed by atoms with Crippen molar-refractivity contribution in [1.82, 2.24) is 4.90 Å². The third-order valence-corrected chi connectivity index (χ3v) is 3.50. The quantitative estimate of drug-likeness (QED) is 0.874. The number of carboxylic acids is 1. The Balaban J connectivity index is 2.04. The second kappa shape index (κ2) is 5.90. The molecule has 1 atom stereocenters. The van der Waals surface area contributed by atoms with Crippen molar-refractivity contribution >= 4 is 17.7 Å². The summed E-state index contributed by atoms with van der Waals surface area (Å²) in [5.74, 6) is -1.83. The van der Waals surface area contributed by atoms with Crippen molar-refractivity contribution in [3.05, 3.63) is 29.6 Å². The minimum Gasteiger partial charge on any atom is -0.481 e. The standard InChI is InChI=1S/C14H17FN2O3/c1-9-4-5-11(15)7-12(9)16-14(20)17-6-2-3-10(8-17)13(18)19/h4-5,7,10H,2-3,6,8H2,1H3,(H,16,20)(H,18,19)/t10-/m0/s1. The Labute approximate surface area is 116 Å². The summed E-state index contributed by atoms with van der Waals surface area (Å²) in [6.45, 7) is 2.48. The zero-order chi connectivity index (χ0) is 14.7. The molecule has 6 heteroatoms. The molecule has 1 aliphatic rings. The maximum atomic E-state index is 13.2. The topological polar surface area (TPSA) is 69.6 Å². The molecule has 1 saturated heterocycles. The Morgan fingerprint density at radius 1 is 1.45 bits per heavy atom. The number of nitrogens with zero attached hydrogens (tertiary/aromatic N) is 1. The molecule has 1 heterocycles. The van der Waals surface area contributed by atoms with E-state index in [1.807, 2.05) is 0 Å². The monoisotopic (exact) mass is 280 g/mol. The molecule has 0 aliphatic carbocycles. The van der Waals surface area contributed by atoms with Crippen LogP contribution in [-0.4, -0.2) is 35.1 Å². The number of halogens is 1. The molecule has 2 N–H and O–H groups in total. The smallest absolute Gasteiger partial charge is 0.321 e. The average molecular weight is 280 g/mol. The summed E-state index contributed by atoms with van der Waals surface area (Å²) in [5, 5.41) is 11.6. The highest BCUT2D eigenvalue weighted by atomic mass is 19.1. The first-order valence-corrected chi connectivity index (χ1v) is 6.52. The lowest BCUT2D eigenvalue weighted by Gasteiger charge is -2.30. The number of nitrogens with one attached hydrogen (secondary N) is 1. The van der Waals surface area contributed by atoms with Gasteiger partial charge in [0.2, 0.25) is 0 Å². The van der Waals surface area contributed by atoms with Gasteiger partial charge in [-0.2, -0.15) is 0 Å². The summed E-state index contributed by atoms with van der Waals surface area (Å²) in [5.41, 5.74) is 1.17. The first-order valence-electron chi connectivity index (χ1n) is 6.52. The molecule has 0 saturated carbocycles. The second-order valence-electron chi connectivity index (χ2n) is 5.01. The number of amides is 2. The number of aryl methyl sites for hydroxylation is 1. The van der Waals surface area contributed by atoms with Gasteiger partial charge in [0.1, 0.15) is 5.82 Å². The number of hydrogen-bond donors (Lipinski definition) is 2. The van der Waals surface area contributed by atoms with Crippen LogP contribution in [0.5, 0.6) is 0 Å². The summed E-state index contributed by atoms with van der Waals surface area (Å²) in [6.07, 6.45) is 1.24. The van der Waals surface area contributed by atoms with E-state index in [0.29, 0.717) is 25.1 Å². The Kier molecular flexibility index (Phi) is 4.22. The van der Waals surface area contributed by atoms with E-state index in [0.717, 1.165) is 5.56 Å². The number of urea groups is 1. The lowest BCUT2D eigenvalue weighted by molar-refractivity contribution is -0.143. The summed E-state index contributed by atoms with van der Waals surface area (Å²) in [6, 6.07) is 3.78. The molecule has 20 heavy (non-hydrogen) atoms. The fourth-order valence-corrected chi connectivity index (χ4v) is 2.29. The fourth-order valence-electron chi connectivity index (χ4n) is 2.29. The number of aliphatic carboxylic acids is 1. The zero-order valence-electron chi connectivity index (χ0n) is 11.2. The largest absolute Gasteiger partial charge is 0.481 e. The van der Waals surface area contributed by atoms with Gasteiger partial charge in [-0.25, -0.2) is 9.18 Å². The third-order valence-electron chi connectivity index (χ3n) is 3.50. The molecule has 0 bridgehead atoms. The van der Waals surface area contributed by atoms with Crippen LogP contribution < -0.4 is 5.32 Å². The maximum absolute atomic E-state index is 13.2. The number of anilines is 1. The molecule has 1 aromatic carbocycles. The van der Waals surface area contributed by atoms with Crippen molar-refractivity contribution in [3.63, 3.8) is 0 Å². The lowest BCUT2D eigenvalue weighted by Crippen LogP contribution is -2.44. The van der Waals surface area contributed by atoms with E-state index in [4.69, 9.17) is 5.11 Å². The fraction of sp³-hybridized carbons (Fsp3) is 0.429. The van der Waals surface area contributed by atoms with E-state index in [9.17, 15) is 14.0 Å². The Bertz CT molecular complexity index is 533. The van der Waals surface area contributed by atoms with Crippen LogP contribution in [0.15, 0.2) is 18.2 Å². The molecule has 0 aromatic heterocycles. The van der Waals surface area contributed by atoms with Crippen LogP contribution in [0.4, 0.5) is 14.9 Å². The summed E-state index contributed by atoms with van der Waals surface area (Å²) in [7, 11) is 0. The molecule has 5 nitrogen and oxygen atoms in total. The summed E-state index contributed by atoms with van der Waals surface area (Å²) < 4.78 is 13.2. The Morgan fingerprint density at radius 3 is 2.90 bits per heavy atom. The lowest BCUT2D eigenvalue weighted by atomic mass is 9.99. The van der Waals surface area contributed by atoms with E-state index in [1.165, 1.54) is 17.0 Å². The molecule has 1 aromatic rings. The van der Waals surface area contributed by atoms with Gasteiger partial charge in [0.25, 0.3) is 0 Å². The zero-order valence-corrected chi connectivity index (χ0v) is 11.2. The number of rotatable bonds is 2. The predicted octanol–water partition coefficient (Wildman–Crippen LogP) is 2.46. The van der Waals surface area contributed by atoms with E-state index in [-0.39, 0.29) is 12.6 Å². The van der Waals surface area contributed by atoms with Gasteiger partial charge >= 0.3 is 12.0 Å². The van der Waals surface area contributed by atoms with Crippen molar-refractivity contribution in [2.24, 2.45) is 5.92 Å². The molecule has 1 aliphatic heterocycles. The van der Waals surface area contributed by atoms with Gasteiger partial charge < -0.3 is 15.3 Å². The Morgan fingerprint density at radius 2 is 2.20 bits per heavy atom. The van der Waals surface area contributed by atoms with E-state index in [1.54, 1.807) is 13.0 Å². The SMILES string of the molecule is Cc1ccc(F)cc1NC(=O)N1CCC[C@H](C(=O)O)C1. The van der Waals surface area contributed by atoms with E-state index in [2.05, 4.69) is 5.32 Å². The van der Waals surface area contributed by atoms with Crippen LogP contribution in [0.25, 0.3) is 0 Å². The van der Waals surface area contributed by atoms with Crippen LogP contribution in [0.2, 0.25) is 0 Å². The van der Waals surface area contributed by atoms with Crippen LogP contribution in [0.3, 0.4) is 0 Å². The summed E-state index contributed by atoms with van der Waals surface area (Å²) >= 11 is 0. The number of carboxylic acid groups (broad SMARTS) is 1. The molecule has 0 spiro atoms. The molecule has 2 rings (SSSR count). The Hall–Kier alpha value is -2.11. The minimum atomic E-state index is -0.885. The van der Waals surface area contributed by atoms with Crippen LogP contribution >= 0.6 is 0 Å². The minimum absolute atomic E-state index is 0.190. The number of benzene rings is 1. The van der Waals surface area contributed by atoms with Crippen LogP contribution in [-0.2, 0) is 4.79 Å². The summed E-state index contributed by atoms with van der Waals surface area (Å²) in [4.78, 5) is 24.5. The van der Waals surface area contributed by atoms with Gasteiger partial charge in [-0.15, -0.1) is 0 Å². The molecule has 2 amide bonds. The van der Waals surface area contributed by atoms with Gasteiger partial charge in [0.05, 0.1) is 5.92 Å².